The summed E-state index contributed by atoms with van der Waals surface area (Å²) in [6, 6.07) is 3.66. The molecular formula is C14H19FN2O3. The van der Waals surface area contributed by atoms with E-state index in [9.17, 15) is 14.0 Å². The van der Waals surface area contributed by atoms with E-state index in [-0.39, 0.29) is 17.2 Å². The van der Waals surface area contributed by atoms with Crippen LogP contribution in [-0.2, 0) is 9.53 Å². The molecule has 6 heteroatoms. The van der Waals surface area contributed by atoms with Crippen molar-refractivity contribution >= 4 is 17.6 Å². The maximum absolute atomic E-state index is 13.7. The number of benzene rings is 1. The van der Waals surface area contributed by atoms with Crippen molar-refractivity contribution in [2.24, 2.45) is 0 Å². The highest BCUT2D eigenvalue weighted by Crippen LogP contribution is 2.18. The second kappa shape index (κ2) is 6.47. The number of likely N-dealkylation sites (N-methyl/N-ethyl adjacent to an activating group) is 1. The van der Waals surface area contributed by atoms with Gasteiger partial charge in [-0.25, -0.2) is 9.18 Å². The Kier molecular flexibility index (Phi) is 5.21. The standard InChI is InChI=1S/C14H19FN2O3/c1-5-16-14(2,3)13(19)17-11-8-9(12(18)20-4)6-7-10(11)15/h6-8,16H,5H2,1-4H3,(H,17,19). The monoisotopic (exact) mass is 282 g/mol. The quantitative estimate of drug-likeness (QED) is 0.810. The number of carbonyl (C=O) groups excluding carboxylic acids is 2. The van der Waals surface area contributed by atoms with E-state index in [1.54, 1.807) is 13.8 Å². The van der Waals surface area contributed by atoms with E-state index < -0.39 is 17.3 Å². The number of amides is 1. The number of esters is 1. The molecule has 1 aromatic rings. The molecule has 1 rings (SSSR count). The Labute approximate surface area is 117 Å². The van der Waals surface area contributed by atoms with Crippen LogP contribution in [0.25, 0.3) is 0 Å². The predicted octanol–water partition coefficient (Wildman–Crippen LogP) is 1.94. The van der Waals surface area contributed by atoms with Gasteiger partial charge in [0.1, 0.15) is 5.82 Å². The van der Waals surface area contributed by atoms with Crippen LogP contribution in [0.4, 0.5) is 10.1 Å². The van der Waals surface area contributed by atoms with Crippen LogP contribution in [-0.4, -0.2) is 31.1 Å². The van der Waals surface area contributed by atoms with E-state index in [0.717, 1.165) is 6.07 Å². The molecule has 0 radical (unpaired) electrons. The summed E-state index contributed by atoms with van der Waals surface area (Å²) >= 11 is 0. The first-order valence-electron chi connectivity index (χ1n) is 6.26. The topological polar surface area (TPSA) is 67.4 Å². The molecule has 0 spiro atoms. The Morgan fingerprint density at radius 1 is 1.35 bits per heavy atom. The molecule has 0 aliphatic rings. The first kappa shape index (κ1) is 16.1. The minimum absolute atomic E-state index is 0.0520. The molecule has 5 nitrogen and oxygen atoms in total. The molecule has 0 bridgehead atoms. The molecule has 20 heavy (non-hydrogen) atoms. The second-order valence-corrected chi connectivity index (χ2v) is 4.80. The van der Waals surface area contributed by atoms with Gasteiger partial charge in [0.2, 0.25) is 5.91 Å². The Balaban J connectivity index is 2.97. The highest BCUT2D eigenvalue weighted by molar-refractivity contribution is 5.99. The molecule has 0 saturated carbocycles. The molecule has 0 aromatic heterocycles. The van der Waals surface area contributed by atoms with Crippen LogP contribution >= 0.6 is 0 Å². The third-order valence-corrected chi connectivity index (χ3v) is 2.82. The molecular weight excluding hydrogens is 263 g/mol. The molecule has 1 aromatic carbocycles. The Hall–Kier alpha value is -1.95. The van der Waals surface area contributed by atoms with Gasteiger partial charge in [-0.2, -0.15) is 0 Å². The summed E-state index contributed by atoms with van der Waals surface area (Å²) in [7, 11) is 1.23. The van der Waals surface area contributed by atoms with Gasteiger partial charge < -0.3 is 15.4 Å². The average molecular weight is 282 g/mol. The summed E-state index contributed by atoms with van der Waals surface area (Å²) in [6.45, 7) is 5.85. The summed E-state index contributed by atoms with van der Waals surface area (Å²) in [5, 5.41) is 5.45. The third-order valence-electron chi connectivity index (χ3n) is 2.82. The molecule has 110 valence electrons. The van der Waals surface area contributed by atoms with Crippen molar-refractivity contribution in [3.63, 3.8) is 0 Å². The lowest BCUT2D eigenvalue weighted by molar-refractivity contribution is -0.121. The molecule has 1 amide bonds. The lowest BCUT2D eigenvalue weighted by Gasteiger charge is -2.24. The van der Waals surface area contributed by atoms with E-state index in [4.69, 9.17) is 0 Å². The van der Waals surface area contributed by atoms with Crippen molar-refractivity contribution in [2.45, 2.75) is 26.3 Å². The van der Waals surface area contributed by atoms with Gasteiger partial charge in [-0.3, -0.25) is 4.79 Å². The zero-order valence-electron chi connectivity index (χ0n) is 12.0. The van der Waals surface area contributed by atoms with E-state index >= 15 is 0 Å². The SMILES string of the molecule is CCNC(C)(C)C(=O)Nc1cc(C(=O)OC)ccc1F. The van der Waals surface area contributed by atoms with Crippen molar-refractivity contribution in [3.8, 4) is 0 Å². The number of ether oxygens (including phenoxy) is 1. The first-order chi connectivity index (χ1) is 9.31. The number of nitrogens with one attached hydrogen (secondary N) is 2. The highest BCUT2D eigenvalue weighted by Gasteiger charge is 2.27. The summed E-state index contributed by atoms with van der Waals surface area (Å²) in [6.07, 6.45) is 0. The zero-order valence-corrected chi connectivity index (χ0v) is 12.0. The molecule has 0 aliphatic heterocycles. The molecule has 2 N–H and O–H groups in total. The minimum atomic E-state index is -0.845. The summed E-state index contributed by atoms with van der Waals surface area (Å²) < 4.78 is 18.2. The van der Waals surface area contributed by atoms with Gasteiger partial charge in [-0.05, 0) is 38.6 Å². The molecule has 0 saturated heterocycles. The Morgan fingerprint density at radius 3 is 2.55 bits per heavy atom. The van der Waals surface area contributed by atoms with E-state index in [0.29, 0.717) is 6.54 Å². The number of hydrogen-bond acceptors (Lipinski definition) is 4. The zero-order chi connectivity index (χ0) is 15.3. The van der Waals surface area contributed by atoms with Crippen molar-refractivity contribution in [3.05, 3.63) is 29.6 Å². The Bertz CT molecular complexity index is 515. The van der Waals surface area contributed by atoms with Gasteiger partial charge in [-0.15, -0.1) is 0 Å². The second-order valence-electron chi connectivity index (χ2n) is 4.80. The van der Waals surface area contributed by atoms with E-state index in [1.807, 2.05) is 6.92 Å². The summed E-state index contributed by atoms with van der Waals surface area (Å²) in [5.41, 5.74) is -0.725. The van der Waals surface area contributed by atoms with Crippen molar-refractivity contribution in [1.82, 2.24) is 5.32 Å². The summed E-state index contributed by atoms with van der Waals surface area (Å²) in [5.74, 6) is -1.59. The molecule has 0 aliphatic carbocycles. The van der Waals surface area contributed by atoms with Crippen LogP contribution < -0.4 is 10.6 Å². The van der Waals surface area contributed by atoms with Crippen LogP contribution in [0.1, 0.15) is 31.1 Å². The van der Waals surface area contributed by atoms with Gasteiger partial charge in [0.25, 0.3) is 0 Å². The van der Waals surface area contributed by atoms with Gasteiger partial charge in [-0.1, -0.05) is 6.92 Å². The van der Waals surface area contributed by atoms with Crippen molar-refractivity contribution in [1.29, 1.82) is 0 Å². The van der Waals surface area contributed by atoms with Gasteiger partial charge in [0.15, 0.2) is 0 Å². The lowest BCUT2D eigenvalue weighted by atomic mass is 10.0. The van der Waals surface area contributed by atoms with Gasteiger partial charge in [0.05, 0.1) is 23.9 Å². The van der Waals surface area contributed by atoms with Crippen LogP contribution in [0, 0.1) is 5.82 Å². The largest absolute Gasteiger partial charge is 0.465 e. The van der Waals surface area contributed by atoms with Crippen molar-refractivity contribution in [2.75, 3.05) is 19.0 Å². The Morgan fingerprint density at radius 2 is 2.00 bits per heavy atom. The fourth-order valence-corrected chi connectivity index (χ4v) is 1.67. The lowest BCUT2D eigenvalue weighted by Crippen LogP contribution is -2.49. The molecule has 0 heterocycles. The number of methoxy groups -OCH3 is 1. The van der Waals surface area contributed by atoms with Gasteiger partial charge in [0, 0.05) is 0 Å². The van der Waals surface area contributed by atoms with Crippen LogP contribution in [0.15, 0.2) is 18.2 Å². The molecule has 0 unspecified atom stereocenters. The third kappa shape index (κ3) is 3.77. The predicted molar refractivity (Wildman–Crippen MR) is 74.1 cm³/mol. The first-order valence-corrected chi connectivity index (χ1v) is 6.26. The van der Waals surface area contributed by atoms with Crippen LogP contribution in [0.2, 0.25) is 0 Å². The number of rotatable bonds is 5. The fourth-order valence-electron chi connectivity index (χ4n) is 1.67. The number of carbonyl (C=O) groups is 2. The molecule has 0 atom stereocenters. The normalized spacial score (nSPS) is 11.1. The van der Waals surface area contributed by atoms with E-state index in [1.165, 1.54) is 19.2 Å². The van der Waals surface area contributed by atoms with E-state index in [2.05, 4.69) is 15.4 Å². The molecule has 0 fully saturated rings. The van der Waals surface area contributed by atoms with Crippen molar-refractivity contribution < 1.29 is 18.7 Å². The number of hydrogen-bond donors (Lipinski definition) is 2. The minimum Gasteiger partial charge on any atom is -0.465 e. The highest BCUT2D eigenvalue weighted by atomic mass is 19.1. The summed E-state index contributed by atoms with van der Waals surface area (Å²) in [4.78, 5) is 23.5. The average Bonchev–Trinajstić information content (AvgIpc) is 2.40. The number of anilines is 1. The fraction of sp³-hybridized carbons (Fsp3) is 0.429. The van der Waals surface area contributed by atoms with Crippen LogP contribution in [0.5, 0.6) is 0 Å². The number of halogens is 1. The maximum atomic E-state index is 13.7. The maximum Gasteiger partial charge on any atom is 0.337 e. The van der Waals surface area contributed by atoms with Crippen LogP contribution in [0.3, 0.4) is 0 Å². The smallest absolute Gasteiger partial charge is 0.337 e. The van der Waals surface area contributed by atoms with Gasteiger partial charge >= 0.3 is 5.97 Å².